The Morgan fingerprint density at radius 2 is 2.25 bits per heavy atom. The van der Waals surface area contributed by atoms with Gasteiger partial charge in [0.2, 0.25) is 11.2 Å². The third kappa shape index (κ3) is 1.84. The van der Waals surface area contributed by atoms with Crippen LogP contribution in [0.2, 0.25) is 5.28 Å². The van der Waals surface area contributed by atoms with E-state index in [9.17, 15) is 4.79 Å². The normalized spacial score (nSPS) is 9.58. The molecule has 4 nitrogen and oxygen atoms in total. The number of hydrogen-bond donors (Lipinski definition) is 0. The third-order valence-electron chi connectivity index (χ3n) is 1.15. The topological polar surface area (TPSA) is 52.1 Å². The standard InChI is InChI=1S/C6H4ClIN2O2/c1-12-5-3(2-11)4(8)9-6(7)10-5/h2H,1H3. The molecule has 0 saturated carbocycles. The summed E-state index contributed by atoms with van der Waals surface area (Å²) in [7, 11) is 1.42. The van der Waals surface area contributed by atoms with Crippen LogP contribution in [0.15, 0.2) is 0 Å². The monoisotopic (exact) mass is 298 g/mol. The number of methoxy groups -OCH3 is 1. The molecule has 0 aliphatic carbocycles. The van der Waals surface area contributed by atoms with E-state index in [0.29, 0.717) is 15.6 Å². The van der Waals surface area contributed by atoms with E-state index in [1.165, 1.54) is 7.11 Å². The minimum absolute atomic E-state index is 0.0712. The first kappa shape index (κ1) is 9.66. The molecule has 12 heavy (non-hydrogen) atoms. The second-order valence-corrected chi connectivity index (χ2v) is 3.18. The van der Waals surface area contributed by atoms with Crippen LogP contribution < -0.4 is 4.74 Å². The minimum Gasteiger partial charge on any atom is -0.480 e. The molecular weight excluding hydrogens is 294 g/mol. The number of nitrogens with zero attached hydrogens (tertiary/aromatic N) is 2. The molecule has 0 saturated heterocycles. The van der Waals surface area contributed by atoms with Crippen LogP contribution in [0.1, 0.15) is 10.4 Å². The predicted octanol–water partition coefficient (Wildman–Crippen LogP) is 1.56. The molecule has 0 N–H and O–H groups in total. The fourth-order valence-corrected chi connectivity index (χ4v) is 1.54. The van der Waals surface area contributed by atoms with Gasteiger partial charge < -0.3 is 4.74 Å². The first-order chi connectivity index (χ1) is 5.69. The van der Waals surface area contributed by atoms with E-state index < -0.39 is 0 Å². The highest BCUT2D eigenvalue weighted by atomic mass is 127. The second kappa shape index (κ2) is 3.99. The summed E-state index contributed by atoms with van der Waals surface area (Å²) in [6.45, 7) is 0. The van der Waals surface area contributed by atoms with Crippen LogP contribution in [-0.2, 0) is 0 Å². The molecule has 1 heterocycles. The average Bonchev–Trinajstić information content (AvgIpc) is 2.03. The van der Waals surface area contributed by atoms with Gasteiger partial charge in [0, 0.05) is 0 Å². The van der Waals surface area contributed by atoms with E-state index >= 15 is 0 Å². The maximum atomic E-state index is 10.5. The Morgan fingerprint density at radius 3 is 2.75 bits per heavy atom. The van der Waals surface area contributed by atoms with Crippen molar-refractivity contribution in [2.45, 2.75) is 0 Å². The number of aromatic nitrogens is 2. The first-order valence-electron chi connectivity index (χ1n) is 2.91. The number of halogens is 2. The Morgan fingerprint density at radius 1 is 1.58 bits per heavy atom. The first-order valence-corrected chi connectivity index (χ1v) is 4.37. The molecule has 0 radical (unpaired) electrons. The Bertz CT molecular complexity index is 319. The van der Waals surface area contributed by atoms with Gasteiger partial charge in [0.05, 0.1) is 7.11 Å². The molecule has 6 heteroatoms. The summed E-state index contributed by atoms with van der Waals surface area (Å²) >= 11 is 7.42. The van der Waals surface area contributed by atoms with Gasteiger partial charge in [-0.25, -0.2) is 4.98 Å². The average molecular weight is 298 g/mol. The molecule has 64 valence electrons. The van der Waals surface area contributed by atoms with Crippen molar-refractivity contribution < 1.29 is 9.53 Å². The summed E-state index contributed by atoms with van der Waals surface area (Å²) < 4.78 is 5.31. The molecule has 1 aromatic rings. The van der Waals surface area contributed by atoms with Gasteiger partial charge in [-0.1, -0.05) is 0 Å². The maximum absolute atomic E-state index is 10.5. The summed E-state index contributed by atoms with van der Waals surface area (Å²) in [5.74, 6) is 0.203. The Kier molecular flexibility index (Phi) is 3.21. The molecule has 0 aromatic carbocycles. The second-order valence-electron chi connectivity index (χ2n) is 1.82. The Labute approximate surface area is 87.4 Å². The molecule has 0 atom stereocenters. The molecule has 0 bridgehead atoms. The van der Waals surface area contributed by atoms with Crippen LogP contribution in [0.3, 0.4) is 0 Å². The highest BCUT2D eigenvalue weighted by Gasteiger charge is 2.10. The van der Waals surface area contributed by atoms with Gasteiger partial charge in [0.1, 0.15) is 9.26 Å². The summed E-state index contributed by atoms with van der Waals surface area (Å²) in [5.41, 5.74) is 0.322. The van der Waals surface area contributed by atoms with E-state index in [0.717, 1.165) is 0 Å². The lowest BCUT2D eigenvalue weighted by atomic mass is 10.4. The largest absolute Gasteiger partial charge is 0.480 e. The van der Waals surface area contributed by atoms with E-state index in [1.807, 2.05) is 22.6 Å². The fourth-order valence-electron chi connectivity index (χ4n) is 0.653. The van der Waals surface area contributed by atoms with Gasteiger partial charge in [0.15, 0.2) is 6.29 Å². The number of carbonyl (C=O) groups excluding carboxylic acids is 1. The quantitative estimate of drug-likeness (QED) is 0.360. The van der Waals surface area contributed by atoms with Crippen LogP contribution in [0, 0.1) is 3.70 Å². The Hall–Kier alpha value is -0.430. The molecular formula is C6H4ClIN2O2. The van der Waals surface area contributed by atoms with E-state index in [1.54, 1.807) is 0 Å². The van der Waals surface area contributed by atoms with Crippen molar-refractivity contribution in [3.8, 4) is 5.88 Å². The number of ether oxygens (including phenoxy) is 1. The van der Waals surface area contributed by atoms with E-state index in [4.69, 9.17) is 16.3 Å². The van der Waals surface area contributed by atoms with E-state index in [2.05, 4.69) is 9.97 Å². The van der Waals surface area contributed by atoms with Crippen molar-refractivity contribution in [3.05, 3.63) is 14.5 Å². The summed E-state index contributed by atoms with van der Waals surface area (Å²) in [4.78, 5) is 18.0. The highest BCUT2D eigenvalue weighted by Crippen LogP contribution is 2.19. The van der Waals surface area contributed by atoms with Crippen LogP contribution in [0.4, 0.5) is 0 Å². The number of hydrogen-bond acceptors (Lipinski definition) is 4. The van der Waals surface area contributed by atoms with Gasteiger partial charge in [-0.2, -0.15) is 4.98 Å². The van der Waals surface area contributed by atoms with Gasteiger partial charge >= 0.3 is 0 Å². The smallest absolute Gasteiger partial charge is 0.229 e. The van der Waals surface area contributed by atoms with E-state index in [-0.39, 0.29) is 11.2 Å². The Balaban J connectivity index is 3.33. The van der Waals surface area contributed by atoms with Gasteiger partial charge in [-0.15, -0.1) is 0 Å². The molecule has 1 rings (SSSR count). The summed E-state index contributed by atoms with van der Waals surface area (Å²) in [5, 5.41) is 0.0712. The third-order valence-corrected chi connectivity index (χ3v) is 2.14. The zero-order valence-electron chi connectivity index (χ0n) is 6.04. The van der Waals surface area contributed by atoms with Crippen molar-refractivity contribution >= 4 is 40.5 Å². The lowest BCUT2D eigenvalue weighted by molar-refractivity contribution is 0.111. The molecule has 1 aromatic heterocycles. The SMILES string of the molecule is COc1nc(Cl)nc(I)c1C=O. The molecule has 0 unspecified atom stereocenters. The van der Waals surface area contributed by atoms with Gasteiger partial charge in [0.25, 0.3) is 0 Å². The number of carbonyl (C=O) groups is 1. The predicted molar refractivity (Wildman–Crippen MR) is 51.7 cm³/mol. The molecule has 0 amide bonds. The number of rotatable bonds is 2. The summed E-state index contributed by atoms with van der Waals surface area (Å²) in [6.07, 6.45) is 0.636. The van der Waals surface area contributed by atoms with Gasteiger partial charge in [-0.3, -0.25) is 4.79 Å². The van der Waals surface area contributed by atoms with Gasteiger partial charge in [-0.05, 0) is 34.2 Å². The molecule has 0 aliphatic heterocycles. The highest BCUT2D eigenvalue weighted by molar-refractivity contribution is 14.1. The lowest BCUT2D eigenvalue weighted by Crippen LogP contribution is -2.00. The van der Waals surface area contributed by atoms with Crippen molar-refractivity contribution in [2.24, 2.45) is 0 Å². The zero-order valence-corrected chi connectivity index (χ0v) is 8.96. The minimum atomic E-state index is 0.0712. The van der Waals surface area contributed by atoms with Crippen LogP contribution >= 0.6 is 34.2 Å². The maximum Gasteiger partial charge on any atom is 0.229 e. The number of aldehydes is 1. The fraction of sp³-hybridized carbons (Fsp3) is 0.167. The van der Waals surface area contributed by atoms with Crippen LogP contribution in [0.25, 0.3) is 0 Å². The lowest BCUT2D eigenvalue weighted by Gasteiger charge is -2.02. The van der Waals surface area contributed by atoms with Crippen LogP contribution in [-0.4, -0.2) is 23.4 Å². The van der Waals surface area contributed by atoms with Crippen LogP contribution in [0.5, 0.6) is 5.88 Å². The molecule has 0 spiro atoms. The van der Waals surface area contributed by atoms with Crippen molar-refractivity contribution in [2.75, 3.05) is 7.11 Å². The van der Waals surface area contributed by atoms with Crippen molar-refractivity contribution in [3.63, 3.8) is 0 Å². The van der Waals surface area contributed by atoms with Crippen molar-refractivity contribution in [1.29, 1.82) is 0 Å². The molecule has 0 fully saturated rings. The molecule has 0 aliphatic rings. The zero-order chi connectivity index (χ0) is 9.14. The summed E-state index contributed by atoms with van der Waals surface area (Å²) in [6, 6.07) is 0. The van der Waals surface area contributed by atoms with Crippen molar-refractivity contribution in [1.82, 2.24) is 9.97 Å².